The number of methoxy groups -OCH3 is 1. The highest BCUT2D eigenvalue weighted by molar-refractivity contribution is 5.37. The van der Waals surface area contributed by atoms with Crippen LogP contribution in [0.4, 0.5) is 0 Å². The summed E-state index contributed by atoms with van der Waals surface area (Å²) in [5, 5.41) is 9.44. The highest BCUT2D eigenvalue weighted by Gasteiger charge is 2.12. The van der Waals surface area contributed by atoms with Gasteiger partial charge in [0.1, 0.15) is 0 Å². The Balaban J connectivity index is 2.03. The molecule has 0 spiro atoms. The van der Waals surface area contributed by atoms with Crippen molar-refractivity contribution in [3.63, 3.8) is 0 Å². The summed E-state index contributed by atoms with van der Waals surface area (Å²) in [4.78, 5) is 6.60. The van der Waals surface area contributed by atoms with E-state index >= 15 is 0 Å². The first-order chi connectivity index (χ1) is 7.79. The van der Waals surface area contributed by atoms with Crippen LogP contribution in [0.3, 0.4) is 0 Å². The molecule has 4 nitrogen and oxygen atoms in total. The van der Waals surface area contributed by atoms with Gasteiger partial charge in [0.25, 0.3) is 0 Å². The van der Waals surface area contributed by atoms with Crippen LogP contribution in [0.1, 0.15) is 25.0 Å². The number of rotatable bonds is 3. The van der Waals surface area contributed by atoms with Crippen LogP contribution in [0.15, 0.2) is 12.3 Å². The Labute approximate surface area is 95.9 Å². The molecule has 1 N–H and O–H groups in total. The Morgan fingerprint density at radius 3 is 2.81 bits per heavy atom. The van der Waals surface area contributed by atoms with E-state index in [2.05, 4.69) is 9.88 Å². The number of aromatic nitrogens is 1. The van der Waals surface area contributed by atoms with Crippen LogP contribution < -0.4 is 4.74 Å². The summed E-state index contributed by atoms with van der Waals surface area (Å²) in [5.41, 5.74) is 0.955. The van der Waals surface area contributed by atoms with Crippen molar-refractivity contribution >= 4 is 0 Å². The first-order valence-electron chi connectivity index (χ1n) is 5.74. The molecule has 88 valence electrons. The van der Waals surface area contributed by atoms with Gasteiger partial charge >= 0.3 is 0 Å². The third kappa shape index (κ3) is 2.64. The van der Waals surface area contributed by atoms with Gasteiger partial charge in [-0.05, 0) is 25.9 Å². The van der Waals surface area contributed by atoms with Crippen molar-refractivity contribution in [2.24, 2.45) is 0 Å². The van der Waals surface area contributed by atoms with E-state index < -0.39 is 0 Å². The van der Waals surface area contributed by atoms with Crippen molar-refractivity contribution in [3.05, 3.63) is 18.0 Å². The number of pyridine rings is 1. The van der Waals surface area contributed by atoms with Crippen LogP contribution in [0.2, 0.25) is 0 Å². The molecule has 0 aromatic carbocycles. The fourth-order valence-electron chi connectivity index (χ4n) is 2.07. The highest BCUT2D eigenvalue weighted by Crippen LogP contribution is 2.25. The molecule has 1 saturated heterocycles. The summed E-state index contributed by atoms with van der Waals surface area (Å²) in [6.07, 6.45) is 5.34. The molecule has 2 rings (SSSR count). The summed E-state index contributed by atoms with van der Waals surface area (Å²) in [5.74, 6) is 0.604. The van der Waals surface area contributed by atoms with Gasteiger partial charge in [-0.3, -0.25) is 9.88 Å². The number of likely N-dealkylation sites (tertiary alicyclic amines) is 1. The van der Waals surface area contributed by atoms with Crippen molar-refractivity contribution < 1.29 is 9.84 Å². The van der Waals surface area contributed by atoms with Crippen molar-refractivity contribution in [2.75, 3.05) is 20.2 Å². The zero-order chi connectivity index (χ0) is 11.4. The van der Waals surface area contributed by atoms with Gasteiger partial charge in [0.05, 0.1) is 19.0 Å². The lowest BCUT2D eigenvalue weighted by Gasteiger charge is -2.26. The third-order valence-corrected chi connectivity index (χ3v) is 2.96. The zero-order valence-corrected chi connectivity index (χ0v) is 9.65. The molecule has 1 aromatic heterocycles. The molecule has 0 saturated carbocycles. The molecular weight excluding hydrogens is 204 g/mol. The second-order valence-corrected chi connectivity index (χ2v) is 4.18. The molecule has 2 heterocycles. The molecule has 0 aliphatic carbocycles. The number of aromatic hydroxyl groups is 1. The Bertz CT molecular complexity index is 349. The second-order valence-electron chi connectivity index (χ2n) is 4.18. The van der Waals surface area contributed by atoms with Crippen LogP contribution in [-0.2, 0) is 6.54 Å². The number of hydrogen-bond acceptors (Lipinski definition) is 4. The fraction of sp³-hybridized carbons (Fsp3) is 0.583. The van der Waals surface area contributed by atoms with Crippen molar-refractivity contribution in [1.82, 2.24) is 9.88 Å². The molecule has 0 bridgehead atoms. The molecule has 0 unspecified atom stereocenters. The van der Waals surface area contributed by atoms with Gasteiger partial charge in [-0.25, -0.2) is 0 Å². The maximum Gasteiger partial charge on any atom is 0.176 e. The Kier molecular flexibility index (Phi) is 3.62. The number of hydrogen-bond donors (Lipinski definition) is 1. The number of ether oxygens (including phenoxy) is 1. The van der Waals surface area contributed by atoms with Gasteiger partial charge in [-0.2, -0.15) is 0 Å². The summed E-state index contributed by atoms with van der Waals surface area (Å²) >= 11 is 0. The molecule has 1 aliphatic rings. The predicted molar refractivity (Wildman–Crippen MR) is 61.6 cm³/mol. The molecule has 16 heavy (non-hydrogen) atoms. The Morgan fingerprint density at radius 1 is 1.38 bits per heavy atom. The smallest absolute Gasteiger partial charge is 0.176 e. The normalized spacial score (nSPS) is 17.3. The SMILES string of the molecule is COc1cc(CN2CCCCC2)ncc1O. The minimum Gasteiger partial charge on any atom is -0.503 e. The number of nitrogens with zero attached hydrogens (tertiary/aromatic N) is 2. The average molecular weight is 222 g/mol. The van der Waals surface area contributed by atoms with Crippen molar-refractivity contribution in [2.45, 2.75) is 25.8 Å². The van der Waals surface area contributed by atoms with E-state index in [0.717, 1.165) is 25.3 Å². The standard InChI is InChI=1S/C12H18N2O2/c1-16-12-7-10(13-8-11(12)15)9-14-5-3-2-4-6-14/h7-8,15H,2-6,9H2,1H3. The van der Waals surface area contributed by atoms with Crippen LogP contribution in [0.5, 0.6) is 11.5 Å². The fourth-order valence-corrected chi connectivity index (χ4v) is 2.07. The van der Waals surface area contributed by atoms with Gasteiger partial charge < -0.3 is 9.84 Å². The topological polar surface area (TPSA) is 45.6 Å². The quantitative estimate of drug-likeness (QED) is 0.846. The van der Waals surface area contributed by atoms with E-state index in [1.807, 2.05) is 6.07 Å². The molecule has 1 aliphatic heterocycles. The minimum atomic E-state index is 0.102. The molecular formula is C12H18N2O2. The Hall–Kier alpha value is -1.29. The maximum absolute atomic E-state index is 9.44. The first-order valence-corrected chi connectivity index (χ1v) is 5.74. The molecule has 1 fully saturated rings. The lowest BCUT2D eigenvalue weighted by atomic mass is 10.1. The zero-order valence-electron chi connectivity index (χ0n) is 9.65. The van der Waals surface area contributed by atoms with Crippen LogP contribution in [0, 0.1) is 0 Å². The van der Waals surface area contributed by atoms with Crippen LogP contribution in [-0.4, -0.2) is 35.2 Å². The number of piperidine rings is 1. The van der Waals surface area contributed by atoms with E-state index in [4.69, 9.17) is 4.74 Å². The minimum absolute atomic E-state index is 0.102. The van der Waals surface area contributed by atoms with E-state index in [0.29, 0.717) is 5.75 Å². The van der Waals surface area contributed by atoms with Gasteiger partial charge in [-0.15, -0.1) is 0 Å². The molecule has 1 aromatic rings. The molecule has 0 radical (unpaired) electrons. The van der Waals surface area contributed by atoms with E-state index in [1.165, 1.54) is 25.5 Å². The van der Waals surface area contributed by atoms with E-state index in [1.54, 1.807) is 7.11 Å². The largest absolute Gasteiger partial charge is 0.503 e. The molecule has 0 atom stereocenters. The third-order valence-electron chi connectivity index (χ3n) is 2.96. The lowest BCUT2D eigenvalue weighted by molar-refractivity contribution is 0.218. The van der Waals surface area contributed by atoms with Crippen LogP contribution in [0.25, 0.3) is 0 Å². The van der Waals surface area contributed by atoms with Crippen molar-refractivity contribution in [1.29, 1.82) is 0 Å². The van der Waals surface area contributed by atoms with Gasteiger partial charge in [0.2, 0.25) is 0 Å². The van der Waals surface area contributed by atoms with E-state index in [9.17, 15) is 5.11 Å². The maximum atomic E-state index is 9.44. The van der Waals surface area contributed by atoms with Gasteiger partial charge in [0, 0.05) is 12.6 Å². The lowest BCUT2D eigenvalue weighted by Crippen LogP contribution is -2.29. The van der Waals surface area contributed by atoms with Gasteiger partial charge in [-0.1, -0.05) is 6.42 Å². The van der Waals surface area contributed by atoms with Crippen LogP contribution >= 0.6 is 0 Å². The summed E-state index contributed by atoms with van der Waals surface area (Å²) in [6.45, 7) is 3.13. The second kappa shape index (κ2) is 5.16. The molecule has 0 amide bonds. The van der Waals surface area contributed by atoms with Gasteiger partial charge in [0.15, 0.2) is 11.5 Å². The first kappa shape index (κ1) is 11.2. The summed E-state index contributed by atoms with van der Waals surface area (Å²) in [6, 6.07) is 1.81. The average Bonchev–Trinajstić information content (AvgIpc) is 2.33. The molecule has 4 heteroatoms. The predicted octanol–water partition coefficient (Wildman–Crippen LogP) is 1.78. The Morgan fingerprint density at radius 2 is 2.12 bits per heavy atom. The van der Waals surface area contributed by atoms with E-state index in [-0.39, 0.29) is 5.75 Å². The highest BCUT2D eigenvalue weighted by atomic mass is 16.5. The van der Waals surface area contributed by atoms with Crippen molar-refractivity contribution in [3.8, 4) is 11.5 Å². The monoisotopic (exact) mass is 222 g/mol. The summed E-state index contributed by atoms with van der Waals surface area (Å²) in [7, 11) is 1.56. The summed E-state index contributed by atoms with van der Waals surface area (Å²) < 4.78 is 5.07.